The maximum Gasteiger partial charge on any atom is 0.212 e. The van der Waals surface area contributed by atoms with Crippen LogP contribution in [0.1, 0.15) is 32.8 Å². The van der Waals surface area contributed by atoms with Crippen molar-refractivity contribution < 1.29 is 9.31 Å². The number of fused-ring (bicyclic) bond motifs is 1. The molecule has 0 spiro atoms. The van der Waals surface area contributed by atoms with E-state index in [-0.39, 0.29) is 5.41 Å². The molecule has 4 heteroatoms. The summed E-state index contributed by atoms with van der Waals surface area (Å²) < 4.78 is 8.09. The van der Waals surface area contributed by atoms with Crippen LogP contribution in [0.5, 0.6) is 5.75 Å². The molecular weight excluding hydrogens is 322 g/mol. The van der Waals surface area contributed by atoms with Crippen LogP contribution in [0.4, 0.5) is 11.4 Å². The van der Waals surface area contributed by atoms with Crippen molar-refractivity contribution in [3.8, 4) is 5.75 Å². The number of para-hydroxylation sites is 3. The first-order chi connectivity index (χ1) is 12.5. The van der Waals surface area contributed by atoms with Crippen LogP contribution in [0.25, 0.3) is 0 Å². The van der Waals surface area contributed by atoms with Gasteiger partial charge in [-0.05, 0) is 32.4 Å². The zero-order valence-electron chi connectivity index (χ0n) is 16.4. The van der Waals surface area contributed by atoms with E-state index in [2.05, 4.69) is 56.7 Å². The minimum atomic E-state index is -0.0755. The van der Waals surface area contributed by atoms with Gasteiger partial charge in [-0.1, -0.05) is 37.3 Å². The van der Waals surface area contributed by atoms with Crippen molar-refractivity contribution in [2.24, 2.45) is 5.10 Å². The van der Waals surface area contributed by atoms with Crippen molar-refractivity contribution in [3.63, 3.8) is 0 Å². The monoisotopic (exact) mass is 350 g/mol. The molecule has 0 bridgehead atoms. The molecule has 0 aliphatic carbocycles. The molecule has 1 aliphatic rings. The summed E-state index contributed by atoms with van der Waals surface area (Å²) in [4.78, 5) is 0. The summed E-state index contributed by atoms with van der Waals surface area (Å²) in [5.41, 5.74) is 4.64. The maximum absolute atomic E-state index is 5.86. The highest BCUT2D eigenvalue weighted by molar-refractivity contribution is 6.33. The lowest BCUT2D eigenvalue weighted by atomic mass is 9.82. The lowest BCUT2D eigenvalue weighted by Gasteiger charge is -2.18. The quantitative estimate of drug-likeness (QED) is 0.432. The minimum Gasteiger partial charge on any atom is -0.491 e. The molecule has 0 aromatic heterocycles. The molecule has 1 heterocycles. The van der Waals surface area contributed by atoms with Gasteiger partial charge in [0.25, 0.3) is 0 Å². The zero-order valence-corrected chi connectivity index (χ0v) is 16.4. The van der Waals surface area contributed by atoms with E-state index in [1.807, 2.05) is 42.5 Å². The second kappa shape index (κ2) is 7.32. The summed E-state index contributed by atoms with van der Waals surface area (Å²) in [7, 11) is 4.06. The first-order valence-electron chi connectivity index (χ1n) is 9.17. The highest BCUT2D eigenvalue weighted by atomic mass is 16.5. The van der Waals surface area contributed by atoms with Gasteiger partial charge >= 0.3 is 0 Å². The molecule has 4 nitrogen and oxygen atoms in total. The third-order valence-electron chi connectivity index (χ3n) is 4.97. The van der Waals surface area contributed by atoms with E-state index in [1.165, 1.54) is 17.0 Å². The van der Waals surface area contributed by atoms with E-state index >= 15 is 0 Å². The highest BCUT2D eigenvalue weighted by Crippen LogP contribution is 2.38. The largest absolute Gasteiger partial charge is 0.491 e. The zero-order chi connectivity index (χ0) is 18.7. The van der Waals surface area contributed by atoms with Crippen LogP contribution in [0.3, 0.4) is 0 Å². The number of nitrogens with zero attached hydrogens (tertiary/aromatic N) is 3. The van der Waals surface area contributed by atoms with Crippen molar-refractivity contribution >= 4 is 23.3 Å². The smallest absolute Gasteiger partial charge is 0.212 e. The second-order valence-electron chi connectivity index (χ2n) is 7.17. The Morgan fingerprint density at radius 2 is 1.81 bits per heavy atom. The van der Waals surface area contributed by atoms with Crippen LogP contribution < -0.4 is 9.75 Å². The van der Waals surface area contributed by atoms with E-state index < -0.39 is 0 Å². The fraction of sp³-hybridized carbons (Fsp3) is 0.364. The van der Waals surface area contributed by atoms with Gasteiger partial charge in [0.2, 0.25) is 11.4 Å². The molecule has 0 atom stereocenters. The first-order valence-corrected chi connectivity index (χ1v) is 9.17. The van der Waals surface area contributed by atoms with Crippen molar-refractivity contribution in [2.75, 3.05) is 25.7 Å². The molecule has 26 heavy (non-hydrogen) atoms. The van der Waals surface area contributed by atoms with Gasteiger partial charge in [-0.25, -0.2) is 0 Å². The van der Waals surface area contributed by atoms with Gasteiger partial charge in [0.05, 0.1) is 12.0 Å². The predicted octanol–water partition coefficient (Wildman–Crippen LogP) is 4.60. The number of hydrogen-bond donors (Lipinski definition) is 0. The Morgan fingerprint density at radius 3 is 2.54 bits per heavy atom. The number of rotatable bonds is 6. The van der Waals surface area contributed by atoms with Crippen molar-refractivity contribution in [1.82, 2.24) is 0 Å². The second-order valence-corrected chi connectivity index (χ2v) is 7.17. The average molecular weight is 350 g/mol. The Kier molecular flexibility index (Phi) is 5.12. The normalized spacial score (nSPS) is 15.4. The molecule has 136 valence electrons. The van der Waals surface area contributed by atoms with Gasteiger partial charge in [-0.2, -0.15) is 9.68 Å². The number of anilines is 1. The third-order valence-corrected chi connectivity index (χ3v) is 4.97. The van der Waals surface area contributed by atoms with Crippen LogP contribution in [-0.2, 0) is 5.41 Å². The Bertz CT molecular complexity index is 852. The summed E-state index contributed by atoms with van der Waals surface area (Å²) >= 11 is 0. The fourth-order valence-corrected chi connectivity index (χ4v) is 3.49. The van der Waals surface area contributed by atoms with Crippen LogP contribution in [0.2, 0.25) is 0 Å². The fourth-order valence-electron chi connectivity index (χ4n) is 3.49. The van der Waals surface area contributed by atoms with Gasteiger partial charge in [-0.15, -0.1) is 0 Å². The molecule has 0 saturated heterocycles. The predicted molar refractivity (Wildman–Crippen MR) is 109 cm³/mol. The van der Waals surface area contributed by atoms with Crippen LogP contribution in [-0.4, -0.2) is 37.2 Å². The molecule has 0 N–H and O–H groups in total. The van der Waals surface area contributed by atoms with Gasteiger partial charge in [0, 0.05) is 18.7 Å². The molecule has 3 rings (SSSR count). The summed E-state index contributed by atoms with van der Waals surface area (Å²) in [5.74, 6) is 0.862. The van der Waals surface area contributed by atoms with E-state index in [1.54, 1.807) is 0 Å². The molecule has 0 saturated carbocycles. The van der Waals surface area contributed by atoms with Gasteiger partial charge in [-0.3, -0.25) is 5.01 Å². The van der Waals surface area contributed by atoms with Gasteiger partial charge in [0.1, 0.15) is 24.7 Å². The molecule has 2 aromatic rings. The number of ether oxygens (including phenoxy) is 1. The lowest BCUT2D eigenvalue weighted by Crippen LogP contribution is -2.30. The van der Waals surface area contributed by atoms with Crippen LogP contribution in [0.15, 0.2) is 53.6 Å². The van der Waals surface area contributed by atoms with E-state index in [4.69, 9.17) is 9.84 Å². The molecule has 0 amide bonds. The van der Waals surface area contributed by atoms with Gasteiger partial charge < -0.3 is 4.74 Å². The highest BCUT2D eigenvalue weighted by Gasteiger charge is 2.43. The summed E-state index contributed by atoms with van der Waals surface area (Å²) in [6, 6.07) is 16.6. The summed E-state index contributed by atoms with van der Waals surface area (Å²) in [6.45, 7) is 7.30. The number of hydrazone groups is 1. The molecule has 0 radical (unpaired) electrons. The van der Waals surface area contributed by atoms with E-state index in [0.717, 1.165) is 17.9 Å². The van der Waals surface area contributed by atoms with E-state index in [0.29, 0.717) is 6.61 Å². The topological polar surface area (TPSA) is 27.8 Å². The first kappa shape index (κ1) is 18.2. The Labute approximate surface area is 156 Å². The van der Waals surface area contributed by atoms with Crippen molar-refractivity contribution in [3.05, 3.63) is 54.1 Å². The van der Waals surface area contributed by atoms with Crippen LogP contribution >= 0.6 is 0 Å². The molecule has 0 fully saturated rings. The standard InChI is InChI=1S/C22H28N3O/c1-6-15-26-20-14-10-9-13-19(20)25(5)23-16-21-22(2,3)17-11-7-8-12-18(17)24(21)4/h7-14,16H,6,15H2,1-5H3/q+1. The molecule has 2 aromatic carbocycles. The Morgan fingerprint density at radius 1 is 1.12 bits per heavy atom. The van der Waals surface area contributed by atoms with Crippen LogP contribution in [0, 0.1) is 0 Å². The molecule has 0 unspecified atom stereocenters. The van der Waals surface area contributed by atoms with Gasteiger partial charge in [0.15, 0.2) is 0 Å². The number of hydrogen-bond acceptors (Lipinski definition) is 3. The minimum absolute atomic E-state index is 0.0755. The summed E-state index contributed by atoms with van der Waals surface area (Å²) in [6.07, 6.45) is 2.95. The number of benzene rings is 2. The third kappa shape index (κ3) is 3.24. The Hall–Kier alpha value is -2.62. The van der Waals surface area contributed by atoms with E-state index in [9.17, 15) is 0 Å². The SMILES string of the molecule is CCCOc1ccccc1N(C)/N=C/C1=[N+](C)c2ccccc2C1(C)C. The van der Waals surface area contributed by atoms with Crippen molar-refractivity contribution in [2.45, 2.75) is 32.6 Å². The average Bonchev–Trinajstić information content (AvgIpc) is 2.84. The van der Waals surface area contributed by atoms with Crippen molar-refractivity contribution in [1.29, 1.82) is 0 Å². The molecule has 1 aliphatic heterocycles. The lowest BCUT2D eigenvalue weighted by molar-refractivity contribution is -0.400. The summed E-state index contributed by atoms with van der Waals surface area (Å²) in [5, 5.41) is 6.60. The maximum atomic E-state index is 5.86. The molecular formula is C22H28N3O+. The Balaban J connectivity index is 1.88.